The molecule has 2 atom stereocenters. The Morgan fingerprint density at radius 2 is 1.61 bits per heavy atom. The maximum absolute atomic E-state index is 11.9. The third-order valence-electron chi connectivity index (χ3n) is 7.29. The largest absolute Gasteiger partial charge is 0.494 e. The standard InChI is InChI=1S/C31H39ClN2O2/c1-3-4-21-36-29-15-13-27(14-16-29)31(2,35)30(26-10-6-5-7-11-26)24-34-19-17-33(18-20-34)23-25-9-8-12-28(32)22-25/h5-16,22,30,35H,3-4,17-21,23-24H2,1-2H3. The van der Waals surface area contributed by atoms with E-state index in [1.54, 1.807) is 0 Å². The van der Waals surface area contributed by atoms with E-state index in [1.807, 2.05) is 49.4 Å². The molecule has 0 amide bonds. The second-order valence-electron chi connectivity index (χ2n) is 10.0. The maximum Gasteiger partial charge on any atom is 0.119 e. The maximum atomic E-state index is 11.9. The molecule has 3 aromatic rings. The zero-order valence-electron chi connectivity index (χ0n) is 21.6. The lowest BCUT2D eigenvalue weighted by atomic mass is 9.78. The summed E-state index contributed by atoms with van der Waals surface area (Å²) in [6.45, 7) is 10.5. The smallest absolute Gasteiger partial charge is 0.119 e. The van der Waals surface area contributed by atoms with Crippen LogP contribution in [0, 0.1) is 0 Å². The van der Waals surface area contributed by atoms with Crippen LogP contribution >= 0.6 is 11.6 Å². The molecule has 1 saturated heterocycles. The molecule has 1 aliphatic heterocycles. The SMILES string of the molecule is CCCCOc1ccc(C(C)(O)C(CN2CCN(Cc3cccc(Cl)c3)CC2)c2ccccc2)cc1. The fourth-order valence-corrected chi connectivity index (χ4v) is 5.21. The normalized spacial score (nSPS) is 17.4. The number of unbranched alkanes of at least 4 members (excludes halogenated alkanes) is 1. The molecule has 1 N–H and O–H groups in total. The summed E-state index contributed by atoms with van der Waals surface area (Å²) in [5.41, 5.74) is 2.32. The van der Waals surface area contributed by atoms with Crippen LogP contribution in [0.1, 0.15) is 49.3 Å². The molecule has 0 bridgehead atoms. The van der Waals surface area contributed by atoms with Gasteiger partial charge >= 0.3 is 0 Å². The van der Waals surface area contributed by atoms with E-state index in [9.17, 15) is 5.11 Å². The van der Waals surface area contributed by atoms with Gasteiger partial charge < -0.3 is 14.7 Å². The average Bonchev–Trinajstić information content (AvgIpc) is 2.89. The lowest BCUT2D eigenvalue weighted by molar-refractivity contribution is 0.00578. The molecule has 3 aromatic carbocycles. The summed E-state index contributed by atoms with van der Waals surface area (Å²) in [5.74, 6) is 0.806. The molecule has 4 rings (SSSR count). The van der Waals surface area contributed by atoms with Crippen molar-refractivity contribution in [2.75, 3.05) is 39.3 Å². The first kappa shape index (κ1) is 26.7. The number of halogens is 1. The van der Waals surface area contributed by atoms with E-state index < -0.39 is 5.60 Å². The monoisotopic (exact) mass is 506 g/mol. The fraction of sp³-hybridized carbons (Fsp3) is 0.419. The number of aliphatic hydroxyl groups is 1. The van der Waals surface area contributed by atoms with Crippen molar-refractivity contribution in [1.82, 2.24) is 9.80 Å². The molecule has 5 heteroatoms. The lowest BCUT2D eigenvalue weighted by Crippen LogP contribution is -2.49. The van der Waals surface area contributed by atoms with Gasteiger partial charge in [-0.25, -0.2) is 0 Å². The molecule has 2 unspecified atom stereocenters. The van der Waals surface area contributed by atoms with Crippen LogP contribution in [0.2, 0.25) is 5.02 Å². The summed E-state index contributed by atoms with van der Waals surface area (Å²) in [6.07, 6.45) is 2.16. The lowest BCUT2D eigenvalue weighted by Gasteiger charge is -2.41. The summed E-state index contributed by atoms with van der Waals surface area (Å²) in [7, 11) is 0. The molecule has 0 aliphatic carbocycles. The highest BCUT2D eigenvalue weighted by Gasteiger charge is 2.36. The van der Waals surface area contributed by atoms with Crippen molar-refractivity contribution in [2.45, 2.75) is 44.8 Å². The number of rotatable bonds is 11. The Labute approximate surface area is 221 Å². The number of hydrogen-bond acceptors (Lipinski definition) is 4. The van der Waals surface area contributed by atoms with E-state index in [1.165, 1.54) is 5.56 Å². The van der Waals surface area contributed by atoms with Gasteiger partial charge in [0, 0.05) is 50.2 Å². The van der Waals surface area contributed by atoms with E-state index >= 15 is 0 Å². The van der Waals surface area contributed by atoms with Crippen LogP contribution in [-0.4, -0.2) is 54.2 Å². The van der Waals surface area contributed by atoms with Crippen molar-refractivity contribution in [3.8, 4) is 5.75 Å². The van der Waals surface area contributed by atoms with Crippen LogP contribution in [0.5, 0.6) is 5.75 Å². The first-order valence-electron chi connectivity index (χ1n) is 13.2. The molecule has 0 spiro atoms. The summed E-state index contributed by atoms with van der Waals surface area (Å²) in [6, 6.07) is 26.6. The Morgan fingerprint density at radius 3 is 2.28 bits per heavy atom. The Kier molecular flexibility index (Phi) is 9.44. The summed E-state index contributed by atoms with van der Waals surface area (Å²) in [5, 5.41) is 12.7. The predicted octanol–water partition coefficient (Wildman–Crippen LogP) is 6.33. The van der Waals surface area contributed by atoms with Gasteiger partial charge in [-0.15, -0.1) is 0 Å². The summed E-state index contributed by atoms with van der Waals surface area (Å²) < 4.78 is 5.84. The van der Waals surface area contributed by atoms with E-state index in [4.69, 9.17) is 16.3 Å². The van der Waals surface area contributed by atoms with Crippen LogP contribution < -0.4 is 4.74 Å². The minimum Gasteiger partial charge on any atom is -0.494 e. The topological polar surface area (TPSA) is 35.9 Å². The molecule has 192 valence electrons. The van der Waals surface area contributed by atoms with E-state index in [0.717, 1.165) is 80.6 Å². The highest BCUT2D eigenvalue weighted by Crippen LogP contribution is 2.38. The average molecular weight is 507 g/mol. The fourth-order valence-electron chi connectivity index (χ4n) is 5.00. The van der Waals surface area contributed by atoms with Crippen LogP contribution in [0.25, 0.3) is 0 Å². The predicted molar refractivity (Wildman–Crippen MR) is 149 cm³/mol. The summed E-state index contributed by atoms with van der Waals surface area (Å²) in [4.78, 5) is 4.97. The van der Waals surface area contributed by atoms with Crippen molar-refractivity contribution in [2.24, 2.45) is 0 Å². The molecule has 36 heavy (non-hydrogen) atoms. The number of hydrogen-bond donors (Lipinski definition) is 1. The highest BCUT2D eigenvalue weighted by atomic mass is 35.5. The highest BCUT2D eigenvalue weighted by molar-refractivity contribution is 6.30. The minimum absolute atomic E-state index is 0.0509. The van der Waals surface area contributed by atoms with Crippen LogP contribution in [0.4, 0.5) is 0 Å². The Morgan fingerprint density at radius 1 is 0.917 bits per heavy atom. The molecule has 0 aromatic heterocycles. The minimum atomic E-state index is -1.01. The Hall–Kier alpha value is -2.37. The second-order valence-corrected chi connectivity index (χ2v) is 10.5. The summed E-state index contributed by atoms with van der Waals surface area (Å²) >= 11 is 6.17. The zero-order chi connectivity index (χ0) is 25.4. The van der Waals surface area contributed by atoms with Gasteiger partial charge in [-0.3, -0.25) is 4.90 Å². The first-order chi connectivity index (χ1) is 17.5. The van der Waals surface area contributed by atoms with Crippen LogP contribution in [0.3, 0.4) is 0 Å². The number of nitrogens with zero attached hydrogens (tertiary/aromatic N) is 2. The van der Waals surface area contributed by atoms with Gasteiger partial charge in [-0.1, -0.05) is 79.5 Å². The van der Waals surface area contributed by atoms with Crippen molar-refractivity contribution in [3.05, 3.63) is 101 Å². The Balaban J connectivity index is 1.43. The van der Waals surface area contributed by atoms with Crippen molar-refractivity contribution >= 4 is 11.6 Å². The molecule has 1 heterocycles. The molecular formula is C31H39ClN2O2. The number of piperazine rings is 1. The van der Waals surface area contributed by atoms with Crippen molar-refractivity contribution < 1.29 is 9.84 Å². The van der Waals surface area contributed by atoms with Crippen LogP contribution in [0.15, 0.2) is 78.9 Å². The van der Waals surface area contributed by atoms with Crippen LogP contribution in [-0.2, 0) is 12.1 Å². The van der Waals surface area contributed by atoms with Crippen molar-refractivity contribution in [1.29, 1.82) is 0 Å². The molecule has 1 fully saturated rings. The molecular weight excluding hydrogens is 468 g/mol. The third-order valence-corrected chi connectivity index (χ3v) is 7.52. The van der Waals surface area contributed by atoms with Gasteiger partial charge in [0.1, 0.15) is 5.75 Å². The molecule has 1 aliphatic rings. The number of ether oxygens (including phenoxy) is 1. The van der Waals surface area contributed by atoms with E-state index in [-0.39, 0.29) is 5.92 Å². The third kappa shape index (κ3) is 7.10. The van der Waals surface area contributed by atoms with E-state index in [2.05, 4.69) is 53.1 Å². The van der Waals surface area contributed by atoms with Gasteiger partial charge in [0.25, 0.3) is 0 Å². The number of benzene rings is 3. The van der Waals surface area contributed by atoms with Gasteiger partial charge in [0.2, 0.25) is 0 Å². The molecule has 4 nitrogen and oxygen atoms in total. The molecule has 0 radical (unpaired) electrons. The quantitative estimate of drug-likeness (QED) is 0.308. The molecule has 0 saturated carbocycles. The first-order valence-corrected chi connectivity index (χ1v) is 13.5. The van der Waals surface area contributed by atoms with Gasteiger partial charge in [0.15, 0.2) is 0 Å². The van der Waals surface area contributed by atoms with Crippen molar-refractivity contribution in [3.63, 3.8) is 0 Å². The van der Waals surface area contributed by atoms with E-state index in [0.29, 0.717) is 0 Å². The second kappa shape index (κ2) is 12.7. The van der Waals surface area contributed by atoms with Gasteiger partial charge in [0.05, 0.1) is 12.2 Å². The van der Waals surface area contributed by atoms with Gasteiger partial charge in [-0.05, 0) is 54.3 Å². The Bertz CT molecular complexity index is 1060. The zero-order valence-corrected chi connectivity index (χ0v) is 22.3. The van der Waals surface area contributed by atoms with Gasteiger partial charge in [-0.2, -0.15) is 0 Å².